The number of ether oxygens (including phenoxy) is 2. The van der Waals surface area contributed by atoms with Crippen molar-refractivity contribution >= 4 is 35.8 Å². The summed E-state index contributed by atoms with van der Waals surface area (Å²) in [4.78, 5) is 75.4. The SMILES string of the molecule is CC1(C)CCCC(C(=O)OC(=O)C2=C(C(=O)OC(=O)C3=C(C(=O)O)C(C)(C)CCC3)CCCC2)=C1C(=O)O. The van der Waals surface area contributed by atoms with Crippen molar-refractivity contribution in [2.75, 3.05) is 0 Å². The number of hydrogen-bond acceptors (Lipinski definition) is 8. The minimum absolute atomic E-state index is 0.0779. The number of carboxylic acid groups (broad SMARTS) is 2. The van der Waals surface area contributed by atoms with Gasteiger partial charge in [-0.3, -0.25) is 0 Å². The highest BCUT2D eigenvalue weighted by atomic mass is 16.6. The number of esters is 4. The van der Waals surface area contributed by atoms with Crippen LogP contribution in [0.1, 0.15) is 91.9 Å². The van der Waals surface area contributed by atoms with Gasteiger partial charge in [-0.25, -0.2) is 28.8 Å². The summed E-state index contributed by atoms with van der Waals surface area (Å²) in [6, 6.07) is 0. The van der Waals surface area contributed by atoms with Crippen LogP contribution < -0.4 is 0 Å². The second kappa shape index (κ2) is 11.0. The predicted octanol–water partition coefficient (Wildman–Crippen LogP) is 4.18. The standard InChI is InChI=1S/C28H34O10/c1-27(2)13-7-11-17(19(27)21(29)30)25(35)37-23(33)15-9-5-6-10-16(15)24(34)38-26(36)18-12-8-14-28(3,4)20(18)22(31)32/h5-14H2,1-4H3,(H,29,30)(H,31,32). The summed E-state index contributed by atoms with van der Waals surface area (Å²) in [5.41, 5.74) is -2.12. The zero-order valence-electron chi connectivity index (χ0n) is 22.2. The molecule has 0 saturated carbocycles. The first-order chi connectivity index (χ1) is 17.7. The van der Waals surface area contributed by atoms with Gasteiger partial charge in [0.05, 0.1) is 11.1 Å². The lowest BCUT2D eigenvalue weighted by Gasteiger charge is -2.32. The van der Waals surface area contributed by atoms with Gasteiger partial charge >= 0.3 is 35.8 Å². The number of carbonyl (C=O) groups excluding carboxylic acids is 4. The van der Waals surface area contributed by atoms with Crippen LogP contribution in [0.3, 0.4) is 0 Å². The molecule has 0 aromatic rings. The lowest BCUT2D eigenvalue weighted by atomic mass is 9.72. The van der Waals surface area contributed by atoms with Gasteiger partial charge in [0, 0.05) is 22.3 Å². The van der Waals surface area contributed by atoms with E-state index >= 15 is 0 Å². The molecule has 0 fully saturated rings. The summed E-state index contributed by atoms with van der Waals surface area (Å²) in [6.45, 7) is 6.83. The third kappa shape index (κ3) is 5.95. The van der Waals surface area contributed by atoms with Crippen molar-refractivity contribution in [3.05, 3.63) is 33.4 Å². The van der Waals surface area contributed by atoms with E-state index < -0.39 is 46.6 Å². The van der Waals surface area contributed by atoms with Gasteiger partial charge in [-0.15, -0.1) is 0 Å². The molecule has 0 spiro atoms. The first-order valence-corrected chi connectivity index (χ1v) is 12.9. The number of hydrogen-bond donors (Lipinski definition) is 2. The molecule has 0 amide bonds. The molecule has 3 rings (SSSR count). The van der Waals surface area contributed by atoms with E-state index in [0.717, 1.165) is 0 Å². The maximum Gasteiger partial charge on any atom is 0.342 e. The van der Waals surface area contributed by atoms with Crippen molar-refractivity contribution in [3.63, 3.8) is 0 Å². The molecule has 2 N–H and O–H groups in total. The van der Waals surface area contributed by atoms with Crippen molar-refractivity contribution < 1.29 is 48.5 Å². The highest BCUT2D eigenvalue weighted by molar-refractivity contribution is 6.11. The van der Waals surface area contributed by atoms with Crippen LogP contribution in [0.2, 0.25) is 0 Å². The largest absolute Gasteiger partial charge is 0.478 e. The van der Waals surface area contributed by atoms with Crippen molar-refractivity contribution in [2.45, 2.75) is 91.9 Å². The molecule has 0 heterocycles. The molecule has 38 heavy (non-hydrogen) atoms. The van der Waals surface area contributed by atoms with Gasteiger partial charge in [-0.05, 0) is 75.0 Å². The Hall–Kier alpha value is -3.56. The molecule has 10 nitrogen and oxygen atoms in total. The molecule has 0 atom stereocenters. The summed E-state index contributed by atoms with van der Waals surface area (Å²) in [5.74, 6) is -6.81. The van der Waals surface area contributed by atoms with Gasteiger partial charge in [-0.1, -0.05) is 27.7 Å². The maximum absolute atomic E-state index is 13.0. The van der Waals surface area contributed by atoms with Crippen LogP contribution in [0.15, 0.2) is 33.4 Å². The van der Waals surface area contributed by atoms with Crippen LogP contribution >= 0.6 is 0 Å². The highest BCUT2D eigenvalue weighted by Crippen LogP contribution is 2.42. The van der Waals surface area contributed by atoms with Crippen molar-refractivity contribution in [1.29, 1.82) is 0 Å². The third-order valence-electron chi connectivity index (χ3n) is 7.67. The molecule has 206 valence electrons. The van der Waals surface area contributed by atoms with Gasteiger partial charge in [0.1, 0.15) is 0 Å². The Kier molecular flexibility index (Phi) is 8.43. The lowest BCUT2D eigenvalue weighted by molar-refractivity contribution is -0.158. The van der Waals surface area contributed by atoms with E-state index in [1.807, 2.05) is 0 Å². The molecule has 10 heteroatoms. The van der Waals surface area contributed by atoms with Crippen LogP contribution in [-0.2, 0) is 38.2 Å². The minimum Gasteiger partial charge on any atom is -0.478 e. The average molecular weight is 531 g/mol. The minimum atomic E-state index is -1.25. The first-order valence-electron chi connectivity index (χ1n) is 12.9. The molecule has 0 aliphatic heterocycles. The van der Waals surface area contributed by atoms with E-state index in [1.54, 1.807) is 27.7 Å². The maximum atomic E-state index is 13.0. The van der Waals surface area contributed by atoms with E-state index in [0.29, 0.717) is 38.5 Å². The van der Waals surface area contributed by atoms with Gasteiger partial charge in [0.15, 0.2) is 0 Å². The zero-order chi connectivity index (χ0) is 28.4. The molecule has 0 saturated heterocycles. The van der Waals surface area contributed by atoms with Crippen molar-refractivity contribution in [3.8, 4) is 0 Å². The molecule has 0 radical (unpaired) electrons. The van der Waals surface area contributed by atoms with E-state index in [9.17, 15) is 39.0 Å². The van der Waals surface area contributed by atoms with Crippen LogP contribution in [-0.4, -0.2) is 46.0 Å². The van der Waals surface area contributed by atoms with Gasteiger partial charge < -0.3 is 19.7 Å². The average Bonchev–Trinajstić information content (AvgIpc) is 2.81. The predicted molar refractivity (Wildman–Crippen MR) is 132 cm³/mol. The summed E-state index contributed by atoms with van der Waals surface area (Å²) in [6.07, 6.45) is 3.80. The van der Waals surface area contributed by atoms with Gasteiger partial charge in [0.2, 0.25) is 0 Å². The molecule has 0 aromatic carbocycles. The molecule has 3 aliphatic carbocycles. The third-order valence-corrected chi connectivity index (χ3v) is 7.67. The van der Waals surface area contributed by atoms with Gasteiger partial charge in [0.25, 0.3) is 0 Å². The number of aliphatic carboxylic acids is 2. The Morgan fingerprint density at radius 3 is 1.13 bits per heavy atom. The second-order valence-corrected chi connectivity index (χ2v) is 11.3. The first kappa shape index (κ1) is 29.0. The van der Waals surface area contributed by atoms with Crippen LogP contribution in [0, 0.1) is 10.8 Å². The second-order valence-electron chi connectivity index (χ2n) is 11.3. The topological polar surface area (TPSA) is 161 Å². The number of rotatable bonds is 6. The quantitative estimate of drug-likeness (QED) is 0.376. The van der Waals surface area contributed by atoms with Crippen LogP contribution in [0.4, 0.5) is 0 Å². The Balaban J connectivity index is 1.86. The molecular formula is C28H34O10. The fraction of sp³-hybridized carbons (Fsp3) is 0.571. The Morgan fingerprint density at radius 1 is 0.526 bits per heavy atom. The monoisotopic (exact) mass is 530 g/mol. The van der Waals surface area contributed by atoms with Crippen molar-refractivity contribution in [2.24, 2.45) is 10.8 Å². The Labute approximate surface area is 220 Å². The molecule has 0 unspecified atom stereocenters. The molecule has 3 aliphatic rings. The summed E-state index contributed by atoms with van der Waals surface area (Å²) in [7, 11) is 0. The van der Waals surface area contributed by atoms with Crippen molar-refractivity contribution in [1.82, 2.24) is 0 Å². The molecule has 0 bridgehead atoms. The van der Waals surface area contributed by atoms with E-state index in [1.165, 1.54) is 0 Å². The van der Waals surface area contributed by atoms with Crippen LogP contribution in [0.5, 0.6) is 0 Å². The van der Waals surface area contributed by atoms with Crippen LogP contribution in [0.25, 0.3) is 0 Å². The number of carbonyl (C=O) groups is 6. The fourth-order valence-electron chi connectivity index (χ4n) is 5.75. The van der Waals surface area contributed by atoms with E-state index in [2.05, 4.69) is 0 Å². The van der Waals surface area contributed by atoms with E-state index in [-0.39, 0.29) is 59.1 Å². The van der Waals surface area contributed by atoms with Gasteiger partial charge in [-0.2, -0.15) is 0 Å². The number of carboxylic acids is 2. The normalized spacial score (nSPS) is 21.1. The smallest absolute Gasteiger partial charge is 0.342 e. The highest BCUT2D eigenvalue weighted by Gasteiger charge is 2.40. The summed E-state index contributed by atoms with van der Waals surface area (Å²) in [5, 5.41) is 19.3. The fourth-order valence-corrected chi connectivity index (χ4v) is 5.75. The lowest BCUT2D eigenvalue weighted by Crippen LogP contribution is -2.31. The summed E-state index contributed by atoms with van der Waals surface area (Å²) >= 11 is 0. The zero-order valence-corrected chi connectivity index (χ0v) is 22.2. The molecule has 0 aromatic heterocycles. The summed E-state index contributed by atoms with van der Waals surface area (Å²) < 4.78 is 10.1. The Morgan fingerprint density at radius 2 is 0.816 bits per heavy atom. The molecular weight excluding hydrogens is 496 g/mol. The Bertz CT molecular complexity index is 1100. The van der Waals surface area contributed by atoms with E-state index in [4.69, 9.17) is 9.47 Å².